The number of pyridine rings is 1. The van der Waals surface area contributed by atoms with Gasteiger partial charge in [0.2, 0.25) is 15.9 Å². The third-order valence-electron chi connectivity index (χ3n) is 13.0. The van der Waals surface area contributed by atoms with Crippen LogP contribution in [0.1, 0.15) is 94.6 Å². The van der Waals surface area contributed by atoms with E-state index >= 15 is 9.18 Å². The van der Waals surface area contributed by atoms with Crippen molar-refractivity contribution in [1.82, 2.24) is 34.5 Å². The van der Waals surface area contributed by atoms with Crippen molar-refractivity contribution in [3.05, 3.63) is 116 Å². The lowest BCUT2D eigenvalue weighted by atomic mass is 9.81. The predicted molar refractivity (Wildman–Crippen MR) is 267 cm³/mol. The highest BCUT2D eigenvalue weighted by Crippen LogP contribution is 2.46. The maximum absolute atomic E-state index is 16.8. The summed E-state index contributed by atoms with van der Waals surface area (Å²) in [5, 5.41) is 7.76. The highest BCUT2D eigenvalue weighted by molar-refractivity contribution is 7.92. The van der Waals surface area contributed by atoms with Gasteiger partial charge in [-0.15, -0.1) is 0 Å². The van der Waals surface area contributed by atoms with Gasteiger partial charge < -0.3 is 19.5 Å². The molecular weight excluding hydrogens is 999 g/mol. The van der Waals surface area contributed by atoms with E-state index in [1.54, 1.807) is 49.7 Å². The first kappa shape index (κ1) is 53.4. The molecule has 1 saturated carbocycles. The molecule has 3 atom stereocenters. The fourth-order valence-electron chi connectivity index (χ4n) is 9.67. The van der Waals surface area contributed by atoms with E-state index in [2.05, 4.69) is 15.2 Å². The summed E-state index contributed by atoms with van der Waals surface area (Å²) in [6.07, 6.45) is -3.22. The van der Waals surface area contributed by atoms with E-state index in [9.17, 15) is 30.8 Å². The Morgan fingerprint density at radius 3 is 2.18 bits per heavy atom. The standard InChI is InChI=1S/C51H58ClF5N8O7S/c1-29-21-40(50(55)15-17-51(56,57)18-16-50)59-44-41(29)47(66)65(45(60-44)38(58-48(67)72-49(4,5)6)24-33-22-34(53)25-35(54)23-33)39-14-13-37(52)42-43(39)63(20-19-62-26-30(2)71-31(3)27-62)61-46(42)64(73(8,68)69)28-32-9-11-36(70-7)12-10-32/h9-14,21-23,25,30-31,38H,15-20,24,26-28H2,1-8H3,(H,58,67)/t30-,31+,38-/m0/s1. The quantitative estimate of drug-likeness (QED) is 0.103. The number of aryl methyl sites for hydroxylation is 1. The lowest BCUT2D eigenvalue weighted by Gasteiger charge is -2.35. The molecule has 1 amide bonds. The zero-order valence-corrected chi connectivity index (χ0v) is 43.3. The van der Waals surface area contributed by atoms with Crippen LogP contribution in [-0.4, -0.2) is 100 Å². The predicted octanol–water partition coefficient (Wildman–Crippen LogP) is 9.64. The number of hydrogen-bond acceptors (Lipinski definition) is 11. The number of nitrogens with zero attached hydrogens (tertiary/aromatic N) is 7. The number of halogens is 6. The van der Waals surface area contributed by atoms with Crippen molar-refractivity contribution in [2.75, 3.05) is 37.3 Å². The van der Waals surface area contributed by atoms with Gasteiger partial charge in [0, 0.05) is 45.0 Å². The Labute approximate surface area is 424 Å². The molecule has 0 bridgehead atoms. The molecular formula is C51H58ClF5N8O7S. The summed E-state index contributed by atoms with van der Waals surface area (Å²) in [5.74, 6) is -4.78. The van der Waals surface area contributed by atoms with Crippen LogP contribution in [0.25, 0.3) is 27.6 Å². The van der Waals surface area contributed by atoms with Crippen molar-refractivity contribution in [1.29, 1.82) is 0 Å². The normalized spacial score (nSPS) is 18.7. The summed E-state index contributed by atoms with van der Waals surface area (Å²) in [6, 6.07) is 12.3. The Morgan fingerprint density at radius 2 is 1.58 bits per heavy atom. The van der Waals surface area contributed by atoms with Gasteiger partial charge in [0.15, 0.2) is 17.1 Å². The molecule has 392 valence electrons. The van der Waals surface area contributed by atoms with Crippen LogP contribution in [0.2, 0.25) is 5.02 Å². The van der Waals surface area contributed by atoms with Gasteiger partial charge in [0.1, 0.15) is 28.8 Å². The Balaban J connectivity index is 1.43. The molecule has 1 aliphatic heterocycles. The molecule has 1 aliphatic carbocycles. The number of amides is 1. The first-order valence-corrected chi connectivity index (χ1v) is 26.1. The van der Waals surface area contributed by atoms with Gasteiger partial charge >= 0.3 is 6.09 Å². The molecule has 0 unspecified atom stereocenters. The summed E-state index contributed by atoms with van der Waals surface area (Å²) in [6.45, 7) is 11.7. The fraction of sp³-hybridized carbons (Fsp3) is 0.471. The molecule has 1 N–H and O–H groups in total. The second-order valence-corrected chi connectivity index (χ2v) is 22.4. The highest BCUT2D eigenvalue weighted by atomic mass is 35.5. The van der Waals surface area contributed by atoms with Gasteiger partial charge in [-0.2, -0.15) is 5.10 Å². The van der Waals surface area contributed by atoms with Gasteiger partial charge in [0.25, 0.3) is 5.56 Å². The maximum Gasteiger partial charge on any atom is 0.408 e. The molecule has 73 heavy (non-hydrogen) atoms. The smallest absolute Gasteiger partial charge is 0.408 e. The van der Waals surface area contributed by atoms with Crippen LogP contribution in [0.3, 0.4) is 0 Å². The number of alkyl carbamates (subject to hydrolysis) is 1. The number of aromatic nitrogens is 5. The Bertz CT molecular complexity index is 3200. The van der Waals surface area contributed by atoms with Crippen LogP contribution in [0.15, 0.2) is 65.5 Å². The van der Waals surface area contributed by atoms with E-state index in [1.165, 1.54) is 32.2 Å². The summed E-state index contributed by atoms with van der Waals surface area (Å²) < 4.78 is 124. The number of benzene rings is 3. The number of carbonyl (C=O) groups excluding carboxylic acids is 1. The topological polar surface area (TPSA) is 163 Å². The van der Waals surface area contributed by atoms with Crippen LogP contribution < -0.4 is 19.9 Å². The number of morpholine rings is 1. The van der Waals surface area contributed by atoms with Crippen LogP contribution >= 0.6 is 11.6 Å². The van der Waals surface area contributed by atoms with Crippen molar-refractivity contribution < 1.29 is 49.4 Å². The van der Waals surface area contributed by atoms with Gasteiger partial charge in [-0.05, 0) is 114 Å². The van der Waals surface area contributed by atoms with Crippen molar-refractivity contribution in [2.45, 2.75) is 122 Å². The third-order valence-corrected chi connectivity index (χ3v) is 14.4. The Kier molecular flexibility index (Phi) is 14.9. The number of carbonyl (C=O) groups is 1. The maximum atomic E-state index is 16.8. The second kappa shape index (κ2) is 20.4. The number of sulfonamides is 1. The monoisotopic (exact) mass is 1060 g/mol. The first-order valence-electron chi connectivity index (χ1n) is 23.8. The average molecular weight is 1060 g/mol. The van der Waals surface area contributed by atoms with Crippen LogP contribution in [0, 0.1) is 18.6 Å². The largest absolute Gasteiger partial charge is 0.497 e. The van der Waals surface area contributed by atoms with E-state index in [-0.39, 0.29) is 86.4 Å². The molecule has 0 spiro atoms. The first-order chi connectivity index (χ1) is 34.2. The summed E-state index contributed by atoms with van der Waals surface area (Å²) in [7, 11) is -2.65. The van der Waals surface area contributed by atoms with E-state index in [0.29, 0.717) is 37.0 Å². The molecule has 22 heteroatoms. The zero-order chi connectivity index (χ0) is 52.9. The number of rotatable bonds is 14. The molecule has 1 saturated heterocycles. The highest BCUT2D eigenvalue weighted by Gasteiger charge is 2.46. The molecule has 3 aromatic heterocycles. The molecule has 2 fully saturated rings. The number of nitrogens with one attached hydrogen (secondary N) is 1. The number of hydrogen-bond donors (Lipinski definition) is 1. The molecule has 0 radical (unpaired) electrons. The van der Waals surface area contributed by atoms with Gasteiger partial charge in [-0.3, -0.25) is 18.9 Å². The molecule has 4 heterocycles. The van der Waals surface area contributed by atoms with Gasteiger partial charge in [-0.1, -0.05) is 23.7 Å². The Hall–Kier alpha value is -5.90. The number of alkyl halides is 3. The summed E-state index contributed by atoms with van der Waals surface area (Å²) >= 11 is 7.15. The van der Waals surface area contributed by atoms with E-state index in [0.717, 1.165) is 27.3 Å². The minimum Gasteiger partial charge on any atom is -0.497 e. The minimum absolute atomic E-state index is 0.0214. The zero-order valence-electron chi connectivity index (χ0n) is 41.7. The van der Waals surface area contributed by atoms with E-state index < -0.39 is 88.6 Å². The summed E-state index contributed by atoms with van der Waals surface area (Å²) in [5.41, 5.74) is -3.75. The van der Waals surface area contributed by atoms with Gasteiger partial charge in [-0.25, -0.2) is 49.4 Å². The minimum atomic E-state index is -4.16. The van der Waals surface area contributed by atoms with Crippen LogP contribution in [0.4, 0.5) is 32.6 Å². The van der Waals surface area contributed by atoms with Crippen LogP contribution in [-0.2, 0) is 44.7 Å². The lowest BCUT2D eigenvalue weighted by Crippen LogP contribution is -2.46. The average Bonchev–Trinajstić information content (AvgIpc) is 3.67. The fourth-order valence-corrected chi connectivity index (χ4v) is 10.7. The second-order valence-electron chi connectivity index (χ2n) is 20.1. The number of anilines is 1. The van der Waals surface area contributed by atoms with E-state index in [1.807, 2.05) is 13.8 Å². The van der Waals surface area contributed by atoms with Gasteiger partial charge in [0.05, 0.1) is 77.4 Å². The lowest BCUT2D eigenvalue weighted by molar-refractivity contribution is -0.0784. The molecule has 3 aromatic carbocycles. The molecule has 8 rings (SSSR count). The van der Waals surface area contributed by atoms with Crippen molar-refractivity contribution >= 4 is 55.5 Å². The van der Waals surface area contributed by atoms with Crippen LogP contribution in [0.5, 0.6) is 5.75 Å². The Morgan fingerprint density at radius 1 is 0.932 bits per heavy atom. The number of ether oxygens (including phenoxy) is 3. The van der Waals surface area contributed by atoms with E-state index in [4.69, 9.17) is 35.9 Å². The van der Waals surface area contributed by atoms with Crippen molar-refractivity contribution in [3.8, 4) is 11.4 Å². The third kappa shape index (κ3) is 11.9. The summed E-state index contributed by atoms with van der Waals surface area (Å²) in [4.78, 5) is 41.2. The number of fused-ring (bicyclic) bond motifs is 2. The van der Waals surface area contributed by atoms with Crippen molar-refractivity contribution in [3.63, 3.8) is 0 Å². The molecule has 6 aromatic rings. The van der Waals surface area contributed by atoms with Crippen molar-refractivity contribution in [2.24, 2.45) is 0 Å². The molecule has 15 nitrogen and oxygen atoms in total. The SMILES string of the molecule is COc1ccc(CN(c2nn(CCN3C[C@@H](C)O[C@@H](C)C3)c3c(-n4c([C@H](Cc5cc(F)cc(F)c5)NC(=O)OC(C)(C)C)nc5nc(C6(F)CCC(F)(F)CC6)cc(C)c5c4=O)ccc(Cl)c23)S(C)(=O)=O)cc1. The molecule has 2 aliphatic rings. The number of methoxy groups -OCH3 is 1.